The summed E-state index contributed by atoms with van der Waals surface area (Å²) in [6, 6.07) is 3.43. The van der Waals surface area contributed by atoms with Crippen LogP contribution >= 0.6 is 0 Å². The van der Waals surface area contributed by atoms with Gasteiger partial charge in [0, 0.05) is 24.7 Å². The molecule has 4 rings (SSSR count). The van der Waals surface area contributed by atoms with E-state index in [0.717, 1.165) is 36.6 Å². The van der Waals surface area contributed by atoms with Gasteiger partial charge in [-0.1, -0.05) is 0 Å². The molecule has 1 N–H and O–H groups in total. The molecule has 0 saturated heterocycles. The van der Waals surface area contributed by atoms with Crippen LogP contribution < -0.4 is 5.32 Å². The number of halogens is 2. The predicted octanol–water partition coefficient (Wildman–Crippen LogP) is 3.67. The van der Waals surface area contributed by atoms with E-state index >= 15 is 0 Å². The standard InChI is InChI=1S/C20H23F2N3O2/c1-20(2,10-27-3)23-19(26)17-16-11-4-5-12(8-11)18(16)25(24-17)15-7-6-13(21)9-14(15)22/h6-7,9,11-12H,4-5,8,10H2,1-3H3,(H,23,26). The van der Waals surface area contributed by atoms with Gasteiger partial charge in [-0.25, -0.2) is 13.5 Å². The van der Waals surface area contributed by atoms with Crippen molar-refractivity contribution in [3.63, 3.8) is 0 Å². The number of carbonyl (C=O) groups excluding carboxylic acids is 1. The molecule has 27 heavy (non-hydrogen) atoms. The van der Waals surface area contributed by atoms with Gasteiger partial charge in [-0.15, -0.1) is 0 Å². The monoisotopic (exact) mass is 375 g/mol. The summed E-state index contributed by atoms with van der Waals surface area (Å²) in [7, 11) is 1.58. The van der Waals surface area contributed by atoms with Gasteiger partial charge in [0.1, 0.15) is 11.5 Å². The third kappa shape index (κ3) is 3.04. The number of rotatable bonds is 5. The number of benzene rings is 1. The Bertz CT molecular complexity index is 907. The Morgan fingerprint density at radius 1 is 1.33 bits per heavy atom. The normalized spacial score (nSPS) is 20.8. The van der Waals surface area contributed by atoms with Crippen molar-refractivity contribution in [2.24, 2.45) is 0 Å². The second-order valence-electron chi connectivity index (χ2n) is 8.13. The quantitative estimate of drug-likeness (QED) is 0.868. The minimum atomic E-state index is -0.685. The van der Waals surface area contributed by atoms with Crippen LogP contribution in [-0.4, -0.2) is 34.9 Å². The Labute approximate surface area is 156 Å². The van der Waals surface area contributed by atoms with Gasteiger partial charge in [-0.3, -0.25) is 4.79 Å². The average molecular weight is 375 g/mol. The first kappa shape index (κ1) is 18.1. The number of nitrogens with one attached hydrogen (secondary N) is 1. The molecule has 2 bridgehead atoms. The number of hydrogen-bond acceptors (Lipinski definition) is 3. The second kappa shape index (κ2) is 6.41. The van der Waals surface area contributed by atoms with Crippen molar-refractivity contribution >= 4 is 5.91 Å². The lowest BCUT2D eigenvalue weighted by Crippen LogP contribution is -2.47. The SMILES string of the molecule is COCC(C)(C)NC(=O)c1nn(-c2ccc(F)cc2F)c2c1C1CCC2C1. The summed E-state index contributed by atoms with van der Waals surface area (Å²) in [6.45, 7) is 4.11. The lowest BCUT2D eigenvalue weighted by Gasteiger charge is -2.25. The highest BCUT2D eigenvalue weighted by Gasteiger charge is 2.44. The summed E-state index contributed by atoms with van der Waals surface area (Å²) in [5.74, 6) is -1.08. The molecule has 1 aromatic heterocycles. The van der Waals surface area contributed by atoms with Crippen molar-refractivity contribution in [2.45, 2.75) is 50.5 Å². The van der Waals surface area contributed by atoms with Crippen molar-refractivity contribution in [3.05, 3.63) is 46.8 Å². The maximum atomic E-state index is 14.4. The molecule has 0 aliphatic heterocycles. The summed E-state index contributed by atoms with van der Waals surface area (Å²) >= 11 is 0. The zero-order valence-electron chi connectivity index (χ0n) is 15.7. The van der Waals surface area contributed by atoms with Gasteiger partial charge in [-0.05, 0) is 51.2 Å². The number of aromatic nitrogens is 2. The third-order valence-corrected chi connectivity index (χ3v) is 5.50. The summed E-state index contributed by atoms with van der Waals surface area (Å²) in [6.07, 6.45) is 2.97. The van der Waals surface area contributed by atoms with E-state index in [1.54, 1.807) is 7.11 Å². The van der Waals surface area contributed by atoms with Gasteiger partial charge >= 0.3 is 0 Å². The molecule has 0 spiro atoms. The van der Waals surface area contributed by atoms with Crippen LogP contribution in [0.4, 0.5) is 8.78 Å². The lowest BCUT2D eigenvalue weighted by atomic mass is 9.94. The van der Waals surface area contributed by atoms with Crippen LogP contribution in [-0.2, 0) is 4.74 Å². The Morgan fingerprint density at radius 2 is 2.07 bits per heavy atom. The van der Waals surface area contributed by atoms with E-state index < -0.39 is 17.2 Å². The zero-order chi connectivity index (χ0) is 19.3. The van der Waals surface area contributed by atoms with Crippen LogP contribution in [0.2, 0.25) is 0 Å². The van der Waals surface area contributed by atoms with Crippen molar-refractivity contribution < 1.29 is 18.3 Å². The lowest BCUT2D eigenvalue weighted by molar-refractivity contribution is 0.0813. The maximum absolute atomic E-state index is 14.4. The summed E-state index contributed by atoms with van der Waals surface area (Å²) < 4.78 is 34.4. The number of amides is 1. The van der Waals surface area contributed by atoms with E-state index in [0.29, 0.717) is 12.3 Å². The van der Waals surface area contributed by atoms with E-state index in [1.807, 2.05) is 13.8 Å². The van der Waals surface area contributed by atoms with E-state index in [2.05, 4.69) is 10.4 Å². The smallest absolute Gasteiger partial charge is 0.272 e. The van der Waals surface area contributed by atoms with Crippen LogP contribution in [0, 0.1) is 11.6 Å². The van der Waals surface area contributed by atoms with Crippen molar-refractivity contribution in [1.29, 1.82) is 0 Å². The molecule has 7 heteroatoms. The first-order chi connectivity index (χ1) is 12.8. The molecule has 2 atom stereocenters. The zero-order valence-corrected chi connectivity index (χ0v) is 15.7. The molecular weight excluding hydrogens is 352 g/mol. The van der Waals surface area contributed by atoms with Gasteiger partial charge in [0.15, 0.2) is 11.5 Å². The van der Waals surface area contributed by atoms with Crippen molar-refractivity contribution in [3.8, 4) is 5.69 Å². The van der Waals surface area contributed by atoms with Crippen LogP contribution in [0.5, 0.6) is 0 Å². The third-order valence-electron chi connectivity index (χ3n) is 5.50. The number of hydrogen-bond donors (Lipinski definition) is 1. The van der Waals surface area contributed by atoms with Crippen molar-refractivity contribution in [2.75, 3.05) is 13.7 Å². The van der Waals surface area contributed by atoms with E-state index in [4.69, 9.17) is 4.74 Å². The molecule has 2 unspecified atom stereocenters. The fraction of sp³-hybridized carbons (Fsp3) is 0.500. The van der Waals surface area contributed by atoms with Crippen LogP contribution in [0.15, 0.2) is 18.2 Å². The van der Waals surface area contributed by atoms with E-state index in [-0.39, 0.29) is 23.4 Å². The Morgan fingerprint density at radius 3 is 2.78 bits per heavy atom. The molecule has 2 aliphatic rings. The van der Waals surface area contributed by atoms with E-state index in [9.17, 15) is 13.6 Å². The average Bonchev–Trinajstić information content (AvgIpc) is 3.26. The molecule has 0 radical (unpaired) electrons. The van der Waals surface area contributed by atoms with Crippen LogP contribution in [0.25, 0.3) is 5.69 Å². The fourth-order valence-corrected chi connectivity index (χ4v) is 4.50. The first-order valence-electron chi connectivity index (χ1n) is 9.20. The summed E-state index contributed by atoms with van der Waals surface area (Å²) in [5.41, 5.74) is 1.77. The molecule has 144 valence electrons. The van der Waals surface area contributed by atoms with Crippen LogP contribution in [0.1, 0.15) is 66.7 Å². The number of carbonyl (C=O) groups is 1. The van der Waals surface area contributed by atoms with Gasteiger partial charge < -0.3 is 10.1 Å². The molecule has 2 aromatic rings. The Hall–Kier alpha value is -2.28. The van der Waals surface area contributed by atoms with Gasteiger partial charge in [0.05, 0.1) is 17.8 Å². The van der Waals surface area contributed by atoms with Gasteiger partial charge in [-0.2, -0.15) is 5.10 Å². The number of nitrogens with zero attached hydrogens (tertiary/aromatic N) is 2. The number of ether oxygens (including phenoxy) is 1. The number of fused-ring (bicyclic) bond motifs is 5. The Balaban J connectivity index is 1.78. The summed E-state index contributed by atoms with van der Waals surface area (Å²) in [4.78, 5) is 13.0. The Kier molecular flexibility index (Phi) is 4.29. The molecule has 2 aliphatic carbocycles. The van der Waals surface area contributed by atoms with Gasteiger partial charge in [0.25, 0.3) is 5.91 Å². The topological polar surface area (TPSA) is 56.1 Å². The van der Waals surface area contributed by atoms with Crippen molar-refractivity contribution in [1.82, 2.24) is 15.1 Å². The second-order valence-corrected chi connectivity index (χ2v) is 8.13. The summed E-state index contributed by atoms with van der Waals surface area (Å²) in [5, 5.41) is 7.44. The molecule has 1 saturated carbocycles. The van der Waals surface area contributed by atoms with E-state index in [1.165, 1.54) is 16.8 Å². The highest BCUT2D eigenvalue weighted by Crippen LogP contribution is 2.54. The minimum absolute atomic E-state index is 0.176. The largest absolute Gasteiger partial charge is 0.382 e. The molecular formula is C20H23F2N3O2. The fourth-order valence-electron chi connectivity index (χ4n) is 4.50. The first-order valence-corrected chi connectivity index (χ1v) is 9.20. The van der Waals surface area contributed by atoms with Crippen LogP contribution in [0.3, 0.4) is 0 Å². The minimum Gasteiger partial charge on any atom is -0.382 e. The molecule has 5 nitrogen and oxygen atoms in total. The number of methoxy groups -OCH3 is 1. The predicted molar refractivity (Wildman–Crippen MR) is 96.2 cm³/mol. The highest BCUT2D eigenvalue weighted by atomic mass is 19.1. The highest BCUT2D eigenvalue weighted by molar-refractivity contribution is 5.95. The maximum Gasteiger partial charge on any atom is 0.272 e. The molecule has 1 amide bonds. The molecule has 1 fully saturated rings. The van der Waals surface area contributed by atoms with Gasteiger partial charge in [0.2, 0.25) is 0 Å². The molecule has 1 aromatic carbocycles. The molecule has 1 heterocycles.